The lowest BCUT2D eigenvalue weighted by Gasteiger charge is -2.08. The Morgan fingerprint density at radius 3 is 3.06 bits per heavy atom. The number of esters is 1. The summed E-state index contributed by atoms with van der Waals surface area (Å²) in [5, 5.41) is 3.17. The molecule has 4 nitrogen and oxygen atoms in total. The Hall–Kier alpha value is -1.23. The van der Waals surface area contributed by atoms with Crippen molar-refractivity contribution in [1.82, 2.24) is 4.98 Å². The van der Waals surface area contributed by atoms with Crippen LogP contribution >= 0.6 is 11.8 Å². The molecule has 0 aliphatic rings. The van der Waals surface area contributed by atoms with Gasteiger partial charge in [-0.15, -0.1) is 0 Å². The fourth-order valence-electron chi connectivity index (χ4n) is 1.40. The van der Waals surface area contributed by atoms with E-state index in [0.29, 0.717) is 11.4 Å². The maximum Gasteiger partial charge on any atom is 0.341 e. The number of thioether (sulfide) groups is 1. The van der Waals surface area contributed by atoms with E-state index in [1.165, 1.54) is 7.11 Å². The van der Waals surface area contributed by atoms with Crippen molar-refractivity contribution in [2.45, 2.75) is 12.8 Å². The molecule has 0 aliphatic heterocycles. The highest BCUT2D eigenvalue weighted by Gasteiger charge is 2.11. The van der Waals surface area contributed by atoms with E-state index in [4.69, 9.17) is 4.74 Å². The maximum absolute atomic E-state index is 11.5. The smallest absolute Gasteiger partial charge is 0.341 e. The zero-order valence-corrected chi connectivity index (χ0v) is 11.0. The molecule has 0 unspecified atom stereocenters. The van der Waals surface area contributed by atoms with Gasteiger partial charge in [-0.2, -0.15) is 11.8 Å². The monoisotopic (exact) mass is 254 g/mol. The van der Waals surface area contributed by atoms with E-state index in [1.54, 1.807) is 18.3 Å². The van der Waals surface area contributed by atoms with Crippen LogP contribution in [0.3, 0.4) is 0 Å². The number of pyridine rings is 1. The van der Waals surface area contributed by atoms with Crippen LogP contribution in [0.1, 0.15) is 23.2 Å². The van der Waals surface area contributed by atoms with Crippen molar-refractivity contribution in [2.75, 3.05) is 31.0 Å². The molecule has 0 amide bonds. The second-order valence-corrected chi connectivity index (χ2v) is 4.50. The van der Waals surface area contributed by atoms with Gasteiger partial charge in [-0.3, -0.25) is 0 Å². The van der Waals surface area contributed by atoms with E-state index in [2.05, 4.69) is 16.6 Å². The number of hydrogen-bond donors (Lipinski definition) is 1. The van der Waals surface area contributed by atoms with Crippen molar-refractivity contribution >= 4 is 23.5 Å². The summed E-state index contributed by atoms with van der Waals surface area (Å²) in [5.74, 6) is 1.40. The van der Waals surface area contributed by atoms with Crippen LogP contribution in [0.25, 0.3) is 0 Å². The molecule has 1 N–H and O–H groups in total. The minimum atomic E-state index is -0.357. The quantitative estimate of drug-likeness (QED) is 0.598. The second-order valence-electron chi connectivity index (χ2n) is 3.52. The van der Waals surface area contributed by atoms with Gasteiger partial charge in [0.25, 0.3) is 0 Å². The van der Waals surface area contributed by atoms with E-state index in [0.717, 1.165) is 25.1 Å². The first-order chi connectivity index (χ1) is 8.29. The first kappa shape index (κ1) is 13.8. The zero-order chi connectivity index (χ0) is 12.5. The molecule has 17 heavy (non-hydrogen) atoms. The molecule has 1 heterocycles. The van der Waals surface area contributed by atoms with Gasteiger partial charge in [0.1, 0.15) is 11.4 Å². The predicted octanol–water partition coefficient (Wildman–Crippen LogP) is 2.42. The van der Waals surface area contributed by atoms with Crippen LogP contribution in [-0.2, 0) is 4.74 Å². The third kappa shape index (κ3) is 4.65. The maximum atomic E-state index is 11.5. The lowest BCUT2D eigenvalue weighted by atomic mass is 10.2. The average molecular weight is 254 g/mol. The van der Waals surface area contributed by atoms with Crippen molar-refractivity contribution in [3.8, 4) is 0 Å². The summed E-state index contributed by atoms with van der Waals surface area (Å²) in [6.45, 7) is 0.821. The molecular weight excluding hydrogens is 236 g/mol. The molecule has 0 fully saturated rings. The summed E-state index contributed by atoms with van der Waals surface area (Å²) >= 11 is 1.84. The zero-order valence-electron chi connectivity index (χ0n) is 10.2. The van der Waals surface area contributed by atoms with Gasteiger partial charge in [0, 0.05) is 12.7 Å². The Balaban J connectivity index is 2.49. The van der Waals surface area contributed by atoms with E-state index < -0.39 is 0 Å². The molecule has 0 aromatic carbocycles. The van der Waals surface area contributed by atoms with Gasteiger partial charge < -0.3 is 10.1 Å². The number of hydrogen-bond acceptors (Lipinski definition) is 5. The number of unbranched alkanes of at least 4 members (excludes halogenated alkanes) is 1. The largest absolute Gasteiger partial charge is 0.465 e. The van der Waals surface area contributed by atoms with E-state index in [9.17, 15) is 4.79 Å². The second kappa shape index (κ2) is 7.95. The Bertz CT molecular complexity index is 358. The number of carbonyl (C=O) groups excluding carboxylic acids is 1. The highest BCUT2D eigenvalue weighted by molar-refractivity contribution is 7.98. The molecule has 1 aromatic rings. The van der Waals surface area contributed by atoms with Crippen LogP contribution in [0.2, 0.25) is 0 Å². The van der Waals surface area contributed by atoms with E-state index in [1.807, 2.05) is 11.8 Å². The van der Waals surface area contributed by atoms with Gasteiger partial charge in [0.05, 0.1) is 7.11 Å². The van der Waals surface area contributed by atoms with Crippen LogP contribution < -0.4 is 5.32 Å². The summed E-state index contributed by atoms with van der Waals surface area (Å²) in [6.07, 6.45) is 5.99. The van der Waals surface area contributed by atoms with Gasteiger partial charge in [-0.25, -0.2) is 9.78 Å². The van der Waals surface area contributed by atoms with Crippen molar-refractivity contribution in [3.05, 3.63) is 23.9 Å². The molecule has 0 saturated carbocycles. The van der Waals surface area contributed by atoms with Gasteiger partial charge in [0.15, 0.2) is 0 Å². The van der Waals surface area contributed by atoms with Gasteiger partial charge >= 0.3 is 5.97 Å². The summed E-state index contributed by atoms with van der Waals surface area (Å²) in [7, 11) is 1.37. The topological polar surface area (TPSA) is 51.2 Å². The molecule has 0 saturated heterocycles. The third-order valence-corrected chi connectivity index (χ3v) is 2.98. The van der Waals surface area contributed by atoms with Crippen molar-refractivity contribution in [2.24, 2.45) is 0 Å². The fraction of sp³-hybridized carbons (Fsp3) is 0.500. The van der Waals surface area contributed by atoms with Crippen LogP contribution in [0.4, 0.5) is 5.82 Å². The van der Waals surface area contributed by atoms with Gasteiger partial charge in [-0.1, -0.05) is 0 Å². The number of aromatic nitrogens is 1. The number of nitrogens with zero attached hydrogens (tertiary/aromatic N) is 1. The lowest BCUT2D eigenvalue weighted by molar-refractivity contribution is 0.0601. The van der Waals surface area contributed by atoms with Gasteiger partial charge in [-0.05, 0) is 37.0 Å². The van der Waals surface area contributed by atoms with Crippen LogP contribution in [0.15, 0.2) is 18.3 Å². The van der Waals surface area contributed by atoms with E-state index in [-0.39, 0.29) is 5.97 Å². The van der Waals surface area contributed by atoms with Gasteiger partial charge in [0.2, 0.25) is 0 Å². The molecule has 0 spiro atoms. The summed E-state index contributed by atoms with van der Waals surface area (Å²) in [5.41, 5.74) is 0.486. The van der Waals surface area contributed by atoms with Crippen LogP contribution in [0.5, 0.6) is 0 Å². The number of nitrogens with one attached hydrogen (secondary N) is 1. The fourth-order valence-corrected chi connectivity index (χ4v) is 1.89. The minimum absolute atomic E-state index is 0.357. The third-order valence-electron chi connectivity index (χ3n) is 2.28. The predicted molar refractivity (Wildman–Crippen MR) is 71.7 cm³/mol. The molecule has 0 atom stereocenters. The average Bonchev–Trinajstić information content (AvgIpc) is 2.38. The normalized spacial score (nSPS) is 10.0. The molecular formula is C12H18N2O2S. The first-order valence-electron chi connectivity index (χ1n) is 5.55. The van der Waals surface area contributed by atoms with Crippen LogP contribution in [-0.4, -0.2) is 36.6 Å². The number of anilines is 1. The summed E-state index contributed by atoms with van der Waals surface area (Å²) in [4.78, 5) is 15.6. The summed E-state index contributed by atoms with van der Waals surface area (Å²) in [6, 6.07) is 3.44. The van der Waals surface area contributed by atoms with Crippen molar-refractivity contribution < 1.29 is 9.53 Å². The number of ether oxygens (including phenoxy) is 1. The molecule has 0 radical (unpaired) electrons. The number of rotatable bonds is 7. The Kier molecular flexibility index (Phi) is 6.47. The summed E-state index contributed by atoms with van der Waals surface area (Å²) < 4.78 is 4.70. The highest BCUT2D eigenvalue weighted by atomic mass is 32.2. The van der Waals surface area contributed by atoms with Crippen molar-refractivity contribution in [3.63, 3.8) is 0 Å². The number of carbonyl (C=O) groups is 1. The Labute approximate surface area is 106 Å². The number of methoxy groups -OCH3 is 1. The molecule has 1 aromatic heterocycles. The molecule has 1 rings (SSSR count). The minimum Gasteiger partial charge on any atom is -0.465 e. The van der Waals surface area contributed by atoms with Crippen molar-refractivity contribution in [1.29, 1.82) is 0 Å². The molecule has 0 bridgehead atoms. The molecule has 5 heteroatoms. The highest BCUT2D eigenvalue weighted by Crippen LogP contribution is 2.12. The van der Waals surface area contributed by atoms with E-state index >= 15 is 0 Å². The first-order valence-corrected chi connectivity index (χ1v) is 6.95. The Morgan fingerprint density at radius 2 is 2.35 bits per heavy atom. The molecule has 0 aliphatic carbocycles. The Morgan fingerprint density at radius 1 is 1.53 bits per heavy atom. The van der Waals surface area contributed by atoms with Crippen LogP contribution in [0, 0.1) is 0 Å². The standard InChI is InChI=1S/C12H18N2O2S/c1-16-12(15)10-6-5-8-14-11(10)13-7-3-4-9-17-2/h5-6,8H,3-4,7,9H2,1-2H3,(H,13,14). The lowest BCUT2D eigenvalue weighted by Crippen LogP contribution is -2.10. The SMILES string of the molecule is COC(=O)c1cccnc1NCCCCSC. The molecule has 94 valence electrons.